The van der Waals surface area contributed by atoms with E-state index in [1.165, 1.54) is 20.0 Å². The summed E-state index contributed by atoms with van der Waals surface area (Å²) in [5, 5.41) is 0. The van der Waals surface area contributed by atoms with E-state index in [1.807, 2.05) is 41.2 Å². The van der Waals surface area contributed by atoms with Crippen LogP contribution in [0.3, 0.4) is 0 Å². The second-order valence-corrected chi connectivity index (χ2v) is 5.95. The Hall–Kier alpha value is -2.23. The molecule has 2 heterocycles. The highest BCUT2D eigenvalue weighted by Crippen LogP contribution is 2.28. The van der Waals surface area contributed by atoms with Crippen molar-refractivity contribution in [3.05, 3.63) is 48.3 Å². The number of esters is 1. The summed E-state index contributed by atoms with van der Waals surface area (Å²) in [6.45, 7) is 4.27. The molecule has 0 bridgehead atoms. The maximum Gasteiger partial charge on any atom is 0.340 e. The summed E-state index contributed by atoms with van der Waals surface area (Å²) in [6.07, 6.45) is 6.28. The predicted octanol–water partition coefficient (Wildman–Crippen LogP) is 3.50. The number of ether oxygens (including phenoxy) is 1. The number of carbonyl (C=O) groups excluding carboxylic acids is 1. The lowest BCUT2D eigenvalue weighted by atomic mass is 9.98. The Bertz CT molecular complexity index is 641. The zero-order chi connectivity index (χ0) is 15.5. The maximum atomic E-state index is 12.2. The molecular weight excluding hydrogens is 276 g/mol. The number of anilines is 1. The van der Waals surface area contributed by atoms with Crippen LogP contribution < -0.4 is 4.90 Å². The molecule has 116 valence electrons. The Morgan fingerprint density at radius 3 is 2.50 bits per heavy atom. The Labute approximate surface area is 131 Å². The monoisotopic (exact) mass is 298 g/mol. The van der Waals surface area contributed by atoms with Crippen molar-refractivity contribution >= 4 is 11.7 Å². The standard InChI is InChI=1S/C18H22N2O2/c1-14-7-11-20(12-8-14)17-6-5-15(19-9-3-4-10-19)13-16(17)18(21)22-2/h3-6,9-10,13-14H,7-8,11-12H2,1-2H3. The Kier molecular flexibility index (Phi) is 4.18. The highest BCUT2D eigenvalue weighted by molar-refractivity contribution is 5.96. The molecular formula is C18H22N2O2. The van der Waals surface area contributed by atoms with Crippen molar-refractivity contribution in [1.82, 2.24) is 4.57 Å². The number of piperidine rings is 1. The predicted molar refractivity (Wildman–Crippen MR) is 87.7 cm³/mol. The Balaban J connectivity index is 1.97. The van der Waals surface area contributed by atoms with E-state index in [4.69, 9.17) is 4.74 Å². The van der Waals surface area contributed by atoms with Gasteiger partial charge in [-0.05, 0) is 49.1 Å². The fraction of sp³-hybridized carbons (Fsp3) is 0.389. The van der Waals surface area contributed by atoms with E-state index in [2.05, 4.69) is 17.9 Å². The fourth-order valence-electron chi connectivity index (χ4n) is 2.99. The van der Waals surface area contributed by atoms with E-state index >= 15 is 0 Å². The van der Waals surface area contributed by atoms with Crippen LogP contribution in [0.15, 0.2) is 42.7 Å². The number of nitrogens with zero attached hydrogens (tertiary/aromatic N) is 2. The van der Waals surface area contributed by atoms with Gasteiger partial charge in [0.15, 0.2) is 0 Å². The number of carbonyl (C=O) groups is 1. The van der Waals surface area contributed by atoms with Gasteiger partial charge in [0.25, 0.3) is 0 Å². The topological polar surface area (TPSA) is 34.5 Å². The van der Waals surface area contributed by atoms with Crippen molar-refractivity contribution in [2.24, 2.45) is 5.92 Å². The van der Waals surface area contributed by atoms with Crippen LogP contribution in [0.1, 0.15) is 30.1 Å². The summed E-state index contributed by atoms with van der Waals surface area (Å²) in [7, 11) is 1.44. The lowest BCUT2D eigenvalue weighted by Gasteiger charge is -2.33. The summed E-state index contributed by atoms with van der Waals surface area (Å²) < 4.78 is 6.98. The van der Waals surface area contributed by atoms with E-state index in [1.54, 1.807) is 0 Å². The van der Waals surface area contributed by atoms with Crippen molar-refractivity contribution in [3.8, 4) is 5.69 Å². The largest absolute Gasteiger partial charge is 0.465 e. The van der Waals surface area contributed by atoms with E-state index in [0.29, 0.717) is 5.56 Å². The molecule has 0 unspecified atom stereocenters. The van der Waals surface area contributed by atoms with Gasteiger partial charge in [-0.3, -0.25) is 0 Å². The molecule has 0 N–H and O–H groups in total. The number of aromatic nitrogens is 1. The molecule has 0 spiro atoms. The number of methoxy groups -OCH3 is 1. The molecule has 1 aliphatic heterocycles. The van der Waals surface area contributed by atoms with Crippen LogP contribution in [-0.2, 0) is 4.74 Å². The fourth-order valence-corrected chi connectivity index (χ4v) is 2.99. The van der Waals surface area contributed by atoms with Gasteiger partial charge in [0.2, 0.25) is 0 Å². The number of hydrogen-bond acceptors (Lipinski definition) is 3. The summed E-state index contributed by atoms with van der Waals surface area (Å²) >= 11 is 0. The van der Waals surface area contributed by atoms with Crippen molar-refractivity contribution in [3.63, 3.8) is 0 Å². The minimum atomic E-state index is -0.275. The van der Waals surface area contributed by atoms with Crippen LogP contribution in [-0.4, -0.2) is 30.7 Å². The third kappa shape index (κ3) is 2.86. The lowest BCUT2D eigenvalue weighted by Crippen LogP contribution is -2.34. The molecule has 1 aromatic heterocycles. The van der Waals surface area contributed by atoms with Gasteiger partial charge in [0.05, 0.1) is 18.4 Å². The summed E-state index contributed by atoms with van der Waals surface area (Å²) in [5.41, 5.74) is 2.59. The molecule has 2 aromatic rings. The van der Waals surface area contributed by atoms with Crippen LogP contribution in [0.2, 0.25) is 0 Å². The van der Waals surface area contributed by atoms with Crippen molar-refractivity contribution < 1.29 is 9.53 Å². The lowest BCUT2D eigenvalue weighted by molar-refractivity contribution is 0.0601. The minimum absolute atomic E-state index is 0.275. The third-order valence-corrected chi connectivity index (χ3v) is 4.41. The third-order valence-electron chi connectivity index (χ3n) is 4.41. The minimum Gasteiger partial charge on any atom is -0.465 e. The van der Waals surface area contributed by atoms with Gasteiger partial charge in [-0.25, -0.2) is 4.79 Å². The van der Waals surface area contributed by atoms with Gasteiger partial charge >= 0.3 is 5.97 Å². The second kappa shape index (κ2) is 6.26. The average Bonchev–Trinajstić information content (AvgIpc) is 3.09. The van der Waals surface area contributed by atoms with E-state index in [-0.39, 0.29) is 5.97 Å². The molecule has 3 rings (SSSR count). The van der Waals surface area contributed by atoms with Crippen LogP contribution >= 0.6 is 0 Å². The highest BCUT2D eigenvalue weighted by atomic mass is 16.5. The van der Waals surface area contributed by atoms with E-state index in [9.17, 15) is 4.79 Å². The number of rotatable bonds is 3. The first-order valence-corrected chi connectivity index (χ1v) is 7.79. The van der Waals surface area contributed by atoms with Crippen molar-refractivity contribution in [2.45, 2.75) is 19.8 Å². The van der Waals surface area contributed by atoms with Crippen LogP contribution in [0, 0.1) is 5.92 Å². The zero-order valence-corrected chi connectivity index (χ0v) is 13.2. The smallest absolute Gasteiger partial charge is 0.340 e. The summed E-state index contributed by atoms with van der Waals surface area (Å²) in [6, 6.07) is 9.95. The summed E-state index contributed by atoms with van der Waals surface area (Å²) in [4.78, 5) is 14.5. The SMILES string of the molecule is COC(=O)c1cc(-n2cccc2)ccc1N1CCC(C)CC1. The van der Waals surface area contributed by atoms with Gasteiger partial charge in [-0.15, -0.1) is 0 Å². The van der Waals surface area contributed by atoms with Gasteiger partial charge in [0.1, 0.15) is 0 Å². The molecule has 0 atom stereocenters. The Morgan fingerprint density at radius 2 is 1.86 bits per heavy atom. The average molecular weight is 298 g/mol. The van der Waals surface area contributed by atoms with Crippen LogP contribution in [0.5, 0.6) is 0 Å². The normalized spacial score (nSPS) is 15.8. The molecule has 0 aliphatic carbocycles. The number of benzene rings is 1. The first kappa shape index (κ1) is 14.7. The molecule has 22 heavy (non-hydrogen) atoms. The molecule has 4 heteroatoms. The number of hydrogen-bond donors (Lipinski definition) is 0. The first-order chi connectivity index (χ1) is 10.7. The molecule has 0 saturated carbocycles. The maximum absolute atomic E-state index is 12.2. The van der Waals surface area contributed by atoms with Crippen LogP contribution in [0.25, 0.3) is 5.69 Å². The second-order valence-electron chi connectivity index (χ2n) is 5.95. The molecule has 1 aliphatic rings. The Morgan fingerprint density at radius 1 is 1.18 bits per heavy atom. The van der Waals surface area contributed by atoms with E-state index in [0.717, 1.165) is 30.4 Å². The first-order valence-electron chi connectivity index (χ1n) is 7.79. The van der Waals surface area contributed by atoms with Gasteiger partial charge in [-0.1, -0.05) is 6.92 Å². The van der Waals surface area contributed by atoms with Crippen molar-refractivity contribution in [1.29, 1.82) is 0 Å². The molecule has 4 nitrogen and oxygen atoms in total. The van der Waals surface area contributed by atoms with Gasteiger partial charge in [-0.2, -0.15) is 0 Å². The van der Waals surface area contributed by atoms with Crippen molar-refractivity contribution in [2.75, 3.05) is 25.1 Å². The molecule has 1 fully saturated rings. The summed E-state index contributed by atoms with van der Waals surface area (Å²) in [5.74, 6) is 0.486. The zero-order valence-electron chi connectivity index (χ0n) is 13.2. The molecule has 0 amide bonds. The van der Waals surface area contributed by atoms with Crippen LogP contribution in [0.4, 0.5) is 5.69 Å². The quantitative estimate of drug-likeness (QED) is 0.813. The molecule has 0 radical (unpaired) electrons. The molecule has 1 saturated heterocycles. The molecule has 1 aromatic carbocycles. The van der Waals surface area contributed by atoms with Gasteiger partial charge < -0.3 is 14.2 Å². The highest BCUT2D eigenvalue weighted by Gasteiger charge is 2.22. The van der Waals surface area contributed by atoms with E-state index < -0.39 is 0 Å². The van der Waals surface area contributed by atoms with Gasteiger partial charge in [0, 0.05) is 31.2 Å².